The summed E-state index contributed by atoms with van der Waals surface area (Å²) in [4.78, 5) is 16.5. The maximum Gasteiger partial charge on any atom is 0.264 e. The van der Waals surface area contributed by atoms with E-state index in [4.69, 9.17) is 4.84 Å². The van der Waals surface area contributed by atoms with Crippen molar-refractivity contribution in [1.82, 2.24) is 5.32 Å². The lowest BCUT2D eigenvalue weighted by molar-refractivity contribution is -0.128. The molecule has 0 aromatic heterocycles. The van der Waals surface area contributed by atoms with Gasteiger partial charge in [-0.1, -0.05) is 35.5 Å². The van der Waals surface area contributed by atoms with Gasteiger partial charge in [-0.2, -0.15) is 0 Å². The van der Waals surface area contributed by atoms with Gasteiger partial charge in [0.2, 0.25) is 6.10 Å². The van der Waals surface area contributed by atoms with E-state index >= 15 is 0 Å². The molecule has 4 heteroatoms. The Morgan fingerprint density at radius 3 is 2.93 bits per heavy atom. The number of fused-ring (bicyclic) bond motifs is 1. The molecule has 0 saturated carbocycles. The third-order valence-electron chi connectivity index (χ3n) is 2.81. The van der Waals surface area contributed by atoms with Crippen molar-refractivity contribution in [1.29, 1.82) is 0 Å². The van der Waals surface area contributed by atoms with Gasteiger partial charge in [-0.05, 0) is 5.56 Å². The predicted molar refractivity (Wildman–Crippen MR) is 54.4 cm³/mol. The standard InChI is InChI=1S/C11H10N2O2/c14-11-10-8(6-12-11)9(13-15-10)7-4-2-1-3-5-7/h1-5,8,10H,6H2,(H,12,14). The number of amides is 1. The smallest absolute Gasteiger partial charge is 0.264 e. The van der Waals surface area contributed by atoms with Gasteiger partial charge < -0.3 is 10.2 Å². The molecule has 0 radical (unpaired) electrons. The van der Waals surface area contributed by atoms with Gasteiger partial charge >= 0.3 is 0 Å². The van der Waals surface area contributed by atoms with Crippen LogP contribution in [0.25, 0.3) is 0 Å². The number of oxime groups is 1. The van der Waals surface area contributed by atoms with Crippen LogP contribution in [0.3, 0.4) is 0 Å². The Bertz CT molecular complexity index is 427. The van der Waals surface area contributed by atoms with Crippen molar-refractivity contribution in [2.24, 2.45) is 11.1 Å². The largest absolute Gasteiger partial charge is 0.381 e. The Labute approximate surface area is 86.9 Å². The lowest BCUT2D eigenvalue weighted by atomic mass is 9.95. The number of benzene rings is 1. The number of nitrogens with one attached hydrogen (secondary N) is 1. The van der Waals surface area contributed by atoms with Crippen molar-refractivity contribution in [3.05, 3.63) is 35.9 Å². The molecule has 76 valence electrons. The average molecular weight is 202 g/mol. The first-order valence-electron chi connectivity index (χ1n) is 4.93. The van der Waals surface area contributed by atoms with E-state index < -0.39 is 6.10 Å². The van der Waals surface area contributed by atoms with Crippen LogP contribution in [0.4, 0.5) is 0 Å². The molecule has 1 aromatic rings. The maximum atomic E-state index is 11.3. The van der Waals surface area contributed by atoms with Crippen LogP contribution in [-0.4, -0.2) is 24.3 Å². The lowest BCUT2D eigenvalue weighted by Crippen LogP contribution is -2.25. The molecule has 2 unspecified atom stereocenters. The Morgan fingerprint density at radius 1 is 1.33 bits per heavy atom. The summed E-state index contributed by atoms with van der Waals surface area (Å²) >= 11 is 0. The summed E-state index contributed by atoms with van der Waals surface area (Å²) in [7, 11) is 0. The molecule has 1 fully saturated rings. The first-order valence-corrected chi connectivity index (χ1v) is 4.93. The highest BCUT2D eigenvalue weighted by molar-refractivity contribution is 6.07. The van der Waals surface area contributed by atoms with Crippen LogP contribution in [0.2, 0.25) is 0 Å². The van der Waals surface area contributed by atoms with Gasteiger partial charge in [0, 0.05) is 6.54 Å². The fraction of sp³-hybridized carbons (Fsp3) is 0.273. The molecular weight excluding hydrogens is 192 g/mol. The quantitative estimate of drug-likeness (QED) is 0.722. The van der Waals surface area contributed by atoms with E-state index in [0.29, 0.717) is 6.54 Å². The molecule has 0 spiro atoms. The van der Waals surface area contributed by atoms with Crippen molar-refractivity contribution < 1.29 is 9.63 Å². The van der Waals surface area contributed by atoms with Crippen LogP contribution in [0, 0.1) is 5.92 Å². The van der Waals surface area contributed by atoms with Gasteiger partial charge in [0.05, 0.1) is 11.6 Å². The van der Waals surface area contributed by atoms with Crippen LogP contribution in [-0.2, 0) is 9.63 Å². The summed E-state index contributed by atoms with van der Waals surface area (Å²) in [5.41, 5.74) is 1.90. The number of carbonyl (C=O) groups excluding carboxylic acids is 1. The summed E-state index contributed by atoms with van der Waals surface area (Å²) in [6.45, 7) is 0.622. The molecule has 3 rings (SSSR count). The Balaban J connectivity index is 1.94. The molecule has 2 atom stereocenters. The van der Waals surface area contributed by atoms with Crippen molar-refractivity contribution in [2.75, 3.05) is 6.54 Å². The minimum Gasteiger partial charge on any atom is -0.381 e. The third-order valence-corrected chi connectivity index (χ3v) is 2.81. The Kier molecular flexibility index (Phi) is 1.74. The molecule has 1 N–H and O–H groups in total. The van der Waals surface area contributed by atoms with Crippen molar-refractivity contribution >= 4 is 11.6 Å². The monoisotopic (exact) mass is 202 g/mol. The SMILES string of the molecule is O=C1NCC2C(c3ccccc3)=NOC12. The van der Waals surface area contributed by atoms with Crippen LogP contribution in [0.1, 0.15) is 5.56 Å². The molecule has 1 aromatic carbocycles. The van der Waals surface area contributed by atoms with Crippen molar-refractivity contribution in [2.45, 2.75) is 6.10 Å². The van der Waals surface area contributed by atoms with Crippen molar-refractivity contribution in [3.63, 3.8) is 0 Å². The number of carbonyl (C=O) groups is 1. The van der Waals surface area contributed by atoms with Gasteiger partial charge in [0.1, 0.15) is 0 Å². The molecule has 2 heterocycles. The zero-order chi connectivity index (χ0) is 10.3. The van der Waals surface area contributed by atoms with Crippen LogP contribution in [0.15, 0.2) is 35.5 Å². The highest BCUT2D eigenvalue weighted by atomic mass is 16.6. The van der Waals surface area contributed by atoms with Crippen LogP contribution in [0.5, 0.6) is 0 Å². The van der Waals surface area contributed by atoms with E-state index in [-0.39, 0.29) is 11.8 Å². The minimum absolute atomic E-state index is 0.0605. The van der Waals surface area contributed by atoms with Gasteiger partial charge in [0.25, 0.3) is 5.91 Å². The Morgan fingerprint density at radius 2 is 2.13 bits per heavy atom. The molecule has 2 aliphatic rings. The first kappa shape index (κ1) is 8.47. The van der Waals surface area contributed by atoms with Crippen LogP contribution >= 0.6 is 0 Å². The molecule has 4 nitrogen and oxygen atoms in total. The second-order valence-electron chi connectivity index (χ2n) is 3.72. The average Bonchev–Trinajstić information content (AvgIpc) is 2.83. The first-order chi connectivity index (χ1) is 7.36. The lowest BCUT2D eigenvalue weighted by Gasteiger charge is -2.05. The maximum absolute atomic E-state index is 11.3. The summed E-state index contributed by atoms with van der Waals surface area (Å²) in [5.74, 6) is 0.00887. The summed E-state index contributed by atoms with van der Waals surface area (Å²) in [5, 5.41) is 6.77. The highest BCUT2D eigenvalue weighted by Gasteiger charge is 2.44. The van der Waals surface area contributed by atoms with Gasteiger partial charge in [-0.25, -0.2) is 0 Å². The highest BCUT2D eigenvalue weighted by Crippen LogP contribution is 2.26. The summed E-state index contributed by atoms with van der Waals surface area (Å²) < 4.78 is 0. The molecule has 0 bridgehead atoms. The number of hydrogen-bond donors (Lipinski definition) is 1. The molecule has 0 aliphatic carbocycles. The zero-order valence-corrected chi connectivity index (χ0v) is 8.01. The predicted octanol–water partition coefficient (Wildman–Crippen LogP) is 0.535. The molecular formula is C11H10N2O2. The second kappa shape index (κ2) is 3.08. The number of hydrogen-bond acceptors (Lipinski definition) is 3. The fourth-order valence-electron chi connectivity index (χ4n) is 2.02. The minimum atomic E-state index is -0.416. The zero-order valence-electron chi connectivity index (χ0n) is 8.01. The summed E-state index contributed by atoms with van der Waals surface area (Å²) in [6.07, 6.45) is -0.416. The van der Waals surface area contributed by atoms with E-state index in [1.165, 1.54) is 0 Å². The van der Waals surface area contributed by atoms with Gasteiger partial charge in [-0.15, -0.1) is 0 Å². The topological polar surface area (TPSA) is 50.7 Å². The van der Waals surface area contributed by atoms with E-state index in [9.17, 15) is 4.79 Å². The second-order valence-corrected chi connectivity index (χ2v) is 3.72. The Hall–Kier alpha value is -1.84. The summed E-state index contributed by atoms with van der Waals surface area (Å²) in [6, 6.07) is 9.82. The number of rotatable bonds is 1. The van der Waals surface area contributed by atoms with E-state index in [1.807, 2.05) is 30.3 Å². The van der Waals surface area contributed by atoms with Gasteiger partial charge in [-0.3, -0.25) is 4.79 Å². The normalized spacial score (nSPS) is 28.0. The van der Waals surface area contributed by atoms with E-state index in [1.54, 1.807) is 0 Å². The van der Waals surface area contributed by atoms with Crippen molar-refractivity contribution in [3.8, 4) is 0 Å². The van der Waals surface area contributed by atoms with E-state index in [0.717, 1.165) is 11.3 Å². The third kappa shape index (κ3) is 1.21. The van der Waals surface area contributed by atoms with E-state index in [2.05, 4.69) is 10.5 Å². The van der Waals surface area contributed by atoms with Gasteiger partial charge in [0.15, 0.2) is 0 Å². The molecule has 15 heavy (non-hydrogen) atoms. The number of nitrogens with zero attached hydrogens (tertiary/aromatic N) is 1. The fourth-order valence-corrected chi connectivity index (χ4v) is 2.02. The molecule has 1 amide bonds. The van der Waals surface area contributed by atoms with Crippen LogP contribution < -0.4 is 5.32 Å². The molecule has 1 saturated heterocycles. The molecule has 2 aliphatic heterocycles.